The number of nitrogens with zero attached hydrogens (tertiary/aromatic N) is 3. The van der Waals surface area contributed by atoms with Crippen LogP contribution in [0, 0.1) is 0 Å². The van der Waals surface area contributed by atoms with Crippen molar-refractivity contribution in [1.82, 2.24) is 14.5 Å². The fourth-order valence-corrected chi connectivity index (χ4v) is 5.55. The summed E-state index contributed by atoms with van der Waals surface area (Å²) < 4.78 is 12.2. The molecule has 0 radical (unpaired) electrons. The van der Waals surface area contributed by atoms with Crippen LogP contribution in [0.1, 0.15) is 64.2 Å². The van der Waals surface area contributed by atoms with Gasteiger partial charge in [0.2, 0.25) is 5.58 Å². The lowest BCUT2D eigenvalue weighted by Crippen LogP contribution is -2.50. The van der Waals surface area contributed by atoms with Crippen molar-refractivity contribution in [1.29, 1.82) is 0 Å². The Kier molecular flexibility index (Phi) is 6.65. The van der Waals surface area contributed by atoms with Crippen LogP contribution in [0.3, 0.4) is 0 Å². The molecule has 8 nitrogen and oxygen atoms in total. The van der Waals surface area contributed by atoms with Gasteiger partial charge in [0.15, 0.2) is 6.61 Å². The Labute approximate surface area is 197 Å². The number of carbonyl (C=O) groups excluding carboxylic acids is 2. The molecule has 0 saturated heterocycles. The van der Waals surface area contributed by atoms with Crippen LogP contribution in [0.5, 0.6) is 0 Å². The molecule has 34 heavy (non-hydrogen) atoms. The van der Waals surface area contributed by atoms with Crippen molar-refractivity contribution in [2.45, 2.75) is 82.8 Å². The molecule has 0 bridgehead atoms. The molecular weight excluding hydrogens is 434 g/mol. The first-order chi connectivity index (χ1) is 16.6. The van der Waals surface area contributed by atoms with Crippen LogP contribution in [0.4, 0.5) is 0 Å². The summed E-state index contributed by atoms with van der Waals surface area (Å²) in [6.07, 6.45) is 12.4. The standard InChI is InChI=1S/C26H31N3O5/c30-22(29(18-9-3-1-4-10-18)19-11-5-2-6-12-19)16-33-23(31)15-28-17-27-24-20-13-7-8-14-21(20)34-25(24)26(28)32/h7-8,13-14,17-19H,1-6,9-12,15-16H2. The van der Waals surface area contributed by atoms with E-state index >= 15 is 0 Å². The zero-order valence-electron chi connectivity index (χ0n) is 19.4. The molecule has 2 saturated carbocycles. The summed E-state index contributed by atoms with van der Waals surface area (Å²) in [4.78, 5) is 44.9. The van der Waals surface area contributed by atoms with Crippen LogP contribution in [-0.4, -0.2) is 45.0 Å². The lowest BCUT2D eigenvalue weighted by Gasteiger charge is -2.41. The van der Waals surface area contributed by atoms with Crippen molar-refractivity contribution in [2.24, 2.45) is 0 Å². The Balaban J connectivity index is 1.26. The molecule has 2 heterocycles. The maximum absolute atomic E-state index is 13.2. The van der Waals surface area contributed by atoms with E-state index in [0.717, 1.165) is 61.3 Å². The van der Waals surface area contributed by atoms with Gasteiger partial charge in [-0.05, 0) is 37.8 Å². The minimum atomic E-state index is -0.639. The first kappa shape index (κ1) is 22.6. The molecule has 5 rings (SSSR count). The van der Waals surface area contributed by atoms with E-state index in [2.05, 4.69) is 4.98 Å². The van der Waals surface area contributed by atoms with E-state index in [1.807, 2.05) is 23.1 Å². The fraction of sp³-hybridized carbons (Fsp3) is 0.538. The molecule has 0 aliphatic heterocycles. The van der Waals surface area contributed by atoms with E-state index in [1.165, 1.54) is 19.2 Å². The highest BCUT2D eigenvalue weighted by molar-refractivity contribution is 6.01. The van der Waals surface area contributed by atoms with Gasteiger partial charge in [0.25, 0.3) is 11.5 Å². The number of aromatic nitrogens is 2. The summed E-state index contributed by atoms with van der Waals surface area (Å²) in [5, 5.41) is 0.750. The molecule has 8 heteroatoms. The topological polar surface area (TPSA) is 94.6 Å². The van der Waals surface area contributed by atoms with Crippen molar-refractivity contribution in [3.63, 3.8) is 0 Å². The van der Waals surface area contributed by atoms with E-state index in [4.69, 9.17) is 9.15 Å². The minimum Gasteiger partial charge on any atom is -0.454 e. The van der Waals surface area contributed by atoms with Crippen molar-refractivity contribution in [2.75, 3.05) is 6.61 Å². The Hall–Kier alpha value is -3.16. The SMILES string of the molecule is O=C(Cn1cnc2c(oc3ccccc32)c1=O)OCC(=O)N(C1CCCCC1)C1CCCCC1. The van der Waals surface area contributed by atoms with E-state index in [0.29, 0.717) is 11.1 Å². The number of hydrogen-bond acceptors (Lipinski definition) is 6. The van der Waals surface area contributed by atoms with Crippen LogP contribution < -0.4 is 5.56 Å². The minimum absolute atomic E-state index is 0.105. The summed E-state index contributed by atoms with van der Waals surface area (Å²) in [5.41, 5.74) is 0.693. The van der Waals surface area contributed by atoms with Crippen LogP contribution in [0.25, 0.3) is 22.1 Å². The van der Waals surface area contributed by atoms with Crippen molar-refractivity contribution in [3.8, 4) is 0 Å². The lowest BCUT2D eigenvalue weighted by molar-refractivity contribution is -0.155. The third-order valence-electron chi connectivity index (χ3n) is 7.23. The Morgan fingerprint density at radius 1 is 1.00 bits per heavy atom. The largest absolute Gasteiger partial charge is 0.454 e. The van der Waals surface area contributed by atoms with Gasteiger partial charge in [-0.1, -0.05) is 50.7 Å². The number of ether oxygens (including phenoxy) is 1. The van der Waals surface area contributed by atoms with Gasteiger partial charge in [-0.3, -0.25) is 19.0 Å². The molecule has 0 spiro atoms. The highest BCUT2D eigenvalue weighted by Crippen LogP contribution is 2.30. The molecule has 0 N–H and O–H groups in total. The summed E-state index contributed by atoms with van der Waals surface area (Å²) in [5.74, 6) is -0.759. The maximum Gasteiger partial charge on any atom is 0.326 e. The van der Waals surface area contributed by atoms with Gasteiger partial charge in [-0.25, -0.2) is 4.98 Å². The summed E-state index contributed by atoms with van der Waals surface area (Å²) in [7, 11) is 0. The number of hydrogen-bond donors (Lipinski definition) is 0. The number of esters is 1. The Bertz CT molecular complexity index is 1220. The van der Waals surface area contributed by atoms with Gasteiger partial charge in [0.1, 0.15) is 17.6 Å². The van der Waals surface area contributed by atoms with Crippen molar-refractivity contribution in [3.05, 3.63) is 40.9 Å². The van der Waals surface area contributed by atoms with Crippen LogP contribution in [-0.2, 0) is 20.9 Å². The number of furan rings is 1. The van der Waals surface area contributed by atoms with Gasteiger partial charge >= 0.3 is 5.97 Å². The average molecular weight is 466 g/mol. The highest BCUT2D eigenvalue weighted by atomic mass is 16.5. The van der Waals surface area contributed by atoms with Crippen LogP contribution >= 0.6 is 0 Å². The van der Waals surface area contributed by atoms with Crippen molar-refractivity contribution < 1.29 is 18.7 Å². The summed E-state index contributed by atoms with van der Waals surface area (Å²) in [6.45, 7) is -0.611. The molecule has 3 aromatic rings. The summed E-state index contributed by atoms with van der Waals surface area (Å²) in [6, 6.07) is 7.76. The molecule has 2 aliphatic carbocycles. The molecule has 1 amide bonds. The van der Waals surface area contributed by atoms with Gasteiger partial charge in [0.05, 0.1) is 6.33 Å². The second-order valence-corrected chi connectivity index (χ2v) is 9.50. The average Bonchev–Trinajstić information content (AvgIpc) is 3.26. The molecular formula is C26H31N3O5. The number of amides is 1. The Morgan fingerprint density at radius 3 is 2.32 bits per heavy atom. The smallest absolute Gasteiger partial charge is 0.326 e. The van der Waals surface area contributed by atoms with E-state index in [9.17, 15) is 14.4 Å². The lowest BCUT2D eigenvalue weighted by atomic mass is 9.88. The zero-order valence-corrected chi connectivity index (χ0v) is 19.4. The first-order valence-electron chi connectivity index (χ1n) is 12.5. The third-order valence-corrected chi connectivity index (χ3v) is 7.23. The number of fused-ring (bicyclic) bond motifs is 3. The predicted molar refractivity (Wildman–Crippen MR) is 127 cm³/mol. The predicted octanol–water partition coefficient (Wildman–Crippen LogP) is 4.18. The van der Waals surface area contributed by atoms with E-state index < -0.39 is 11.5 Å². The zero-order chi connectivity index (χ0) is 23.5. The van der Waals surface area contributed by atoms with Gasteiger partial charge in [-0.15, -0.1) is 0 Å². The number of benzene rings is 1. The first-order valence-corrected chi connectivity index (χ1v) is 12.5. The third kappa shape index (κ3) is 4.58. The fourth-order valence-electron chi connectivity index (χ4n) is 5.55. The number of para-hydroxylation sites is 1. The van der Waals surface area contributed by atoms with Crippen LogP contribution in [0.15, 0.2) is 39.8 Å². The second kappa shape index (κ2) is 9.99. The van der Waals surface area contributed by atoms with E-state index in [1.54, 1.807) is 6.07 Å². The van der Waals surface area contributed by atoms with E-state index in [-0.39, 0.29) is 36.7 Å². The van der Waals surface area contributed by atoms with Gasteiger partial charge in [-0.2, -0.15) is 0 Å². The Morgan fingerprint density at radius 2 is 1.65 bits per heavy atom. The molecule has 2 aromatic heterocycles. The monoisotopic (exact) mass is 465 g/mol. The summed E-state index contributed by atoms with van der Waals surface area (Å²) >= 11 is 0. The number of carbonyl (C=O) groups is 2. The number of rotatable bonds is 6. The maximum atomic E-state index is 13.2. The second-order valence-electron chi connectivity index (χ2n) is 9.50. The normalized spacial score (nSPS) is 17.8. The molecule has 2 aliphatic rings. The molecule has 1 aromatic carbocycles. The van der Waals surface area contributed by atoms with Gasteiger partial charge in [0, 0.05) is 17.5 Å². The molecule has 0 unspecified atom stereocenters. The van der Waals surface area contributed by atoms with Crippen molar-refractivity contribution >= 4 is 33.9 Å². The highest BCUT2D eigenvalue weighted by Gasteiger charge is 2.32. The molecule has 0 atom stereocenters. The van der Waals surface area contributed by atoms with Gasteiger partial charge < -0.3 is 14.1 Å². The quantitative estimate of drug-likeness (QED) is 0.507. The van der Waals surface area contributed by atoms with Crippen LogP contribution in [0.2, 0.25) is 0 Å². The molecule has 180 valence electrons. The molecule has 2 fully saturated rings.